The van der Waals surface area contributed by atoms with Gasteiger partial charge < -0.3 is 10.0 Å². The average molecular weight is 308 g/mol. The summed E-state index contributed by atoms with van der Waals surface area (Å²) in [6, 6.07) is 1.68. The molecule has 0 saturated heterocycles. The minimum Gasteiger partial charge on any atom is -0.392 e. The molecule has 0 aliphatic carbocycles. The molecule has 0 aliphatic heterocycles. The molecule has 2 N–H and O–H groups in total. The second kappa shape index (κ2) is 7.07. The Labute approximate surface area is 117 Å². The van der Waals surface area contributed by atoms with Crippen molar-refractivity contribution in [3.05, 3.63) is 29.3 Å². The van der Waals surface area contributed by atoms with E-state index in [-0.39, 0.29) is 12.1 Å². The molecule has 1 aromatic rings. The molecular formula is C12H18F2N2O3S. The van der Waals surface area contributed by atoms with E-state index in [1.807, 2.05) is 11.8 Å². The molecule has 114 valence electrons. The second-order valence-electron chi connectivity index (χ2n) is 4.34. The number of aliphatic hydroxyl groups is 1. The number of nitrogens with one attached hydrogen (secondary N) is 1. The van der Waals surface area contributed by atoms with Gasteiger partial charge in [0.25, 0.3) is 0 Å². The lowest BCUT2D eigenvalue weighted by Crippen LogP contribution is -2.33. The largest absolute Gasteiger partial charge is 0.392 e. The number of sulfonamides is 1. The van der Waals surface area contributed by atoms with Crippen molar-refractivity contribution in [2.75, 3.05) is 26.7 Å². The lowest BCUT2D eigenvalue weighted by molar-refractivity contribution is 0.280. The van der Waals surface area contributed by atoms with E-state index >= 15 is 0 Å². The van der Waals surface area contributed by atoms with Crippen LogP contribution in [0.5, 0.6) is 0 Å². The molecule has 5 nitrogen and oxygen atoms in total. The first-order valence-corrected chi connectivity index (χ1v) is 7.57. The highest BCUT2D eigenvalue weighted by molar-refractivity contribution is 7.89. The standard InChI is InChI=1S/C12H18F2N2O3S/c1-3-16(2)5-4-15-20(18,19)11-7-9(8-17)6-10(13)12(11)14/h6-7,15,17H,3-5,8H2,1-2H3. The maximum absolute atomic E-state index is 13.6. The zero-order valence-corrected chi connectivity index (χ0v) is 12.2. The molecule has 20 heavy (non-hydrogen) atoms. The van der Waals surface area contributed by atoms with Crippen molar-refractivity contribution >= 4 is 10.0 Å². The highest BCUT2D eigenvalue weighted by Gasteiger charge is 2.22. The van der Waals surface area contributed by atoms with Gasteiger partial charge in [-0.25, -0.2) is 21.9 Å². The van der Waals surface area contributed by atoms with E-state index in [2.05, 4.69) is 4.72 Å². The third-order valence-electron chi connectivity index (χ3n) is 2.85. The van der Waals surface area contributed by atoms with Gasteiger partial charge in [-0.1, -0.05) is 6.92 Å². The van der Waals surface area contributed by atoms with Crippen LogP contribution in [0.4, 0.5) is 8.78 Å². The summed E-state index contributed by atoms with van der Waals surface area (Å²) in [5.41, 5.74) is -0.00467. The van der Waals surface area contributed by atoms with Crippen molar-refractivity contribution < 1.29 is 22.3 Å². The summed E-state index contributed by atoms with van der Waals surface area (Å²) in [7, 11) is -2.35. The van der Waals surface area contributed by atoms with Crippen LogP contribution >= 0.6 is 0 Å². The number of hydrogen-bond acceptors (Lipinski definition) is 4. The molecule has 0 aromatic heterocycles. The van der Waals surface area contributed by atoms with Gasteiger partial charge >= 0.3 is 0 Å². The van der Waals surface area contributed by atoms with Crippen LogP contribution in [0.15, 0.2) is 17.0 Å². The molecule has 0 saturated carbocycles. The van der Waals surface area contributed by atoms with Crippen LogP contribution in [0.25, 0.3) is 0 Å². The van der Waals surface area contributed by atoms with Gasteiger partial charge in [0.05, 0.1) is 6.61 Å². The number of nitrogens with zero attached hydrogens (tertiary/aromatic N) is 1. The van der Waals surface area contributed by atoms with E-state index < -0.39 is 33.2 Å². The smallest absolute Gasteiger partial charge is 0.243 e. The van der Waals surface area contributed by atoms with E-state index in [9.17, 15) is 17.2 Å². The summed E-state index contributed by atoms with van der Waals surface area (Å²) < 4.78 is 52.9. The zero-order valence-electron chi connectivity index (χ0n) is 11.4. The molecule has 0 fully saturated rings. The van der Waals surface area contributed by atoms with E-state index in [1.54, 1.807) is 7.05 Å². The van der Waals surface area contributed by atoms with Crippen LogP contribution in [0.1, 0.15) is 12.5 Å². The number of benzene rings is 1. The summed E-state index contributed by atoms with van der Waals surface area (Å²) in [4.78, 5) is 1.07. The lowest BCUT2D eigenvalue weighted by Gasteiger charge is -2.14. The average Bonchev–Trinajstić information content (AvgIpc) is 2.40. The zero-order chi connectivity index (χ0) is 15.3. The summed E-state index contributed by atoms with van der Waals surface area (Å²) in [5.74, 6) is -2.75. The molecule has 0 amide bonds. The third kappa shape index (κ3) is 4.20. The van der Waals surface area contributed by atoms with Gasteiger partial charge in [-0.2, -0.15) is 0 Å². The first kappa shape index (κ1) is 17.0. The Hall–Kier alpha value is -1.09. The van der Waals surface area contributed by atoms with Crippen molar-refractivity contribution in [3.63, 3.8) is 0 Å². The van der Waals surface area contributed by atoms with Gasteiger partial charge in [0.2, 0.25) is 10.0 Å². The van der Waals surface area contributed by atoms with E-state index in [1.165, 1.54) is 0 Å². The van der Waals surface area contributed by atoms with Gasteiger partial charge in [-0.3, -0.25) is 0 Å². The maximum atomic E-state index is 13.6. The minimum atomic E-state index is -4.15. The van der Waals surface area contributed by atoms with Gasteiger partial charge in [-0.15, -0.1) is 0 Å². The number of halogens is 2. The SMILES string of the molecule is CCN(C)CCNS(=O)(=O)c1cc(CO)cc(F)c1F. The minimum absolute atomic E-state index is 0.00467. The maximum Gasteiger partial charge on any atom is 0.243 e. The molecule has 0 unspecified atom stereocenters. The quantitative estimate of drug-likeness (QED) is 0.777. The predicted molar refractivity (Wildman–Crippen MR) is 70.6 cm³/mol. The Morgan fingerprint density at radius 2 is 2.00 bits per heavy atom. The molecule has 1 rings (SSSR count). The molecule has 0 aliphatic rings. The summed E-state index contributed by atoms with van der Waals surface area (Å²) in [6.45, 7) is 2.61. The second-order valence-corrected chi connectivity index (χ2v) is 6.08. The van der Waals surface area contributed by atoms with Crippen molar-refractivity contribution in [2.45, 2.75) is 18.4 Å². The normalized spacial score (nSPS) is 12.1. The first-order valence-electron chi connectivity index (χ1n) is 6.08. The molecule has 0 heterocycles. The van der Waals surface area contributed by atoms with Crippen LogP contribution in [0.3, 0.4) is 0 Å². The number of likely N-dealkylation sites (N-methyl/N-ethyl adjacent to an activating group) is 1. The van der Waals surface area contributed by atoms with Crippen molar-refractivity contribution in [1.29, 1.82) is 0 Å². The summed E-state index contributed by atoms with van der Waals surface area (Å²) in [5, 5.41) is 8.91. The number of hydrogen-bond donors (Lipinski definition) is 2. The van der Waals surface area contributed by atoms with Crippen LogP contribution in [-0.4, -0.2) is 45.1 Å². The van der Waals surface area contributed by atoms with Crippen LogP contribution in [0.2, 0.25) is 0 Å². The fraction of sp³-hybridized carbons (Fsp3) is 0.500. The van der Waals surface area contributed by atoms with Gasteiger partial charge in [-0.05, 0) is 31.3 Å². The van der Waals surface area contributed by atoms with Gasteiger partial charge in [0.15, 0.2) is 11.6 Å². The Kier molecular flexibility index (Phi) is 6.00. The van der Waals surface area contributed by atoms with E-state index in [0.717, 1.165) is 18.7 Å². The van der Waals surface area contributed by atoms with Gasteiger partial charge in [0.1, 0.15) is 4.90 Å². The first-order chi connectivity index (χ1) is 9.31. The van der Waals surface area contributed by atoms with Crippen LogP contribution in [-0.2, 0) is 16.6 Å². The number of rotatable bonds is 7. The van der Waals surface area contributed by atoms with E-state index in [4.69, 9.17) is 5.11 Å². The lowest BCUT2D eigenvalue weighted by atomic mass is 10.2. The highest BCUT2D eigenvalue weighted by atomic mass is 32.2. The van der Waals surface area contributed by atoms with Crippen molar-refractivity contribution in [1.82, 2.24) is 9.62 Å². The molecule has 0 atom stereocenters. The Morgan fingerprint density at radius 1 is 1.35 bits per heavy atom. The van der Waals surface area contributed by atoms with Crippen LogP contribution < -0.4 is 4.72 Å². The van der Waals surface area contributed by atoms with Crippen molar-refractivity contribution in [3.8, 4) is 0 Å². The highest BCUT2D eigenvalue weighted by Crippen LogP contribution is 2.19. The molecule has 8 heteroatoms. The molecule has 0 spiro atoms. The summed E-state index contributed by atoms with van der Waals surface area (Å²) >= 11 is 0. The molecule has 0 radical (unpaired) electrons. The Balaban J connectivity index is 2.95. The Bertz CT molecular complexity index is 564. The number of aliphatic hydroxyl groups excluding tert-OH is 1. The van der Waals surface area contributed by atoms with E-state index in [0.29, 0.717) is 6.54 Å². The molecule has 1 aromatic carbocycles. The van der Waals surface area contributed by atoms with Crippen LogP contribution in [0, 0.1) is 11.6 Å². The Morgan fingerprint density at radius 3 is 2.55 bits per heavy atom. The van der Waals surface area contributed by atoms with Crippen molar-refractivity contribution in [2.24, 2.45) is 0 Å². The monoisotopic (exact) mass is 308 g/mol. The van der Waals surface area contributed by atoms with Gasteiger partial charge in [0, 0.05) is 13.1 Å². The fourth-order valence-electron chi connectivity index (χ4n) is 1.51. The fourth-order valence-corrected chi connectivity index (χ4v) is 2.67. The molecular weight excluding hydrogens is 290 g/mol. The predicted octanol–water partition coefficient (Wildman–Crippen LogP) is 0.687. The summed E-state index contributed by atoms with van der Waals surface area (Å²) in [6.07, 6.45) is 0. The molecule has 0 bridgehead atoms. The third-order valence-corrected chi connectivity index (χ3v) is 4.31. The topological polar surface area (TPSA) is 69.6 Å².